The van der Waals surface area contributed by atoms with Crippen LogP contribution < -0.4 is 4.74 Å². The minimum Gasteiger partial charge on any atom is -0.507 e. The van der Waals surface area contributed by atoms with Crippen LogP contribution in [0.3, 0.4) is 0 Å². The molecule has 0 aliphatic heterocycles. The third-order valence-corrected chi connectivity index (χ3v) is 3.36. The van der Waals surface area contributed by atoms with Crippen LogP contribution in [0, 0.1) is 3.57 Å². The summed E-state index contributed by atoms with van der Waals surface area (Å²) in [5.41, 5.74) is 1.03. The van der Waals surface area contributed by atoms with Gasteiger partial charge in [0, 0.05) is 12.1 Å². The maximum Gasteiger partial charge on any atom is 0.136 e. The third kappa shape index (κ3) is 3.03. The highest BCUT2D eigenvalue weighted by molar-refractivity contribution is 14.1. The van der Waals surface area contributed by atoms with Crippen LogP contribution in [0.2, 0.25) is 0 Å². The SMILES string of the molecule is Oc1cc(OCc2ccccc2)cc(O)c1I. The van der Waals surface area contributed by atoms with E-state index in [2.05, 4.69) is 0 Å². The number of phenols is 2. The zero-order valence-electron chi connectivity index (χ0n) is 8.93. The zero-order valence-corrected chi connectivity index (χ0v) is 11.1. The zero-order chi connectivity index (χ0) is 12.3. The summed E-state index contributed by atoms with van der Waals surface area (Å²) in [6.45, 7) is 0.403. The number of hydrogen-bond acceptors (Lipinski definition) is 3. The average molecular weight is 342 g/mol. The fourth-order valence-electron chi connectivity index (χ4n) is 1.39. The van der Waals surface area contributed by atoms with Gasteiger partial charge in [-0.2, -0.15) is 0 Å². The van der Waals surface area contributed by atoms with Crippen molar-refractivity contribution in [1.29, 1.82) is 0 Å². The molecule has 0 saturated carbocycles. The van der Waals surface area contributed by atoms with Crippen LogP contribution in [0.5, 0.6) is 17.2 Å². The Hall–Kier alpha value is -1.43. The highest BCUT2D eigenvalue weighted by Crippen LogP contribution is 2.33. The smallest absolute Gasteiger partial charge is 0.136 e. The standard InChI is InChI=1S/C13H11IO3/c14-13-11(15)6-10(7-12(13)16)17-8-9-4-2-1-3-5-9/h1-7,15-16H,8H2. The Bertz CT molecular complexity index is 488. The molecule has 0 unspecified atom stereocenters. The van der Waals surface area contributed by atoms with Crippen LogP contribution in [-0.4, -0.2) is 10.2 Å². The summed E-state index contributed by atoms with van der Waals surface area (Å²) in [5, 5.41) is 19.1. The Kier molecular flexibility index (Phi) is 3.73. The molecule has 2 rings (SSSR count). The van der Waals surface area contributed by atoms with Crippen molar-refractivity contribution in [3.63, 3.8) is 0 Å². The van der Waals surface area contributed by atoms with Gasteiger partial charge in [-0.1, -0.05) is 30.3 Å². The Morgan fingerprint density at radius 2 is 1.59 bits per heavy atom. The van der Waals surface area contributed by atoms with Gasteiger partial charge in [0.15, 0.2) is 0 Å². The molecule has 3 nitrogen and oxygen atoms in total. The number of aromatic hydroxyl groups is 2. The molecule has 88 valence electrons. The monoisotopic (exact) mass is 342 g/mol. The average Bonchev–Trinajstić information content (AvgIpc) is 2.34. The van der Waals surface area contributed by atoms with Gasteiger partial charge in [-0.15, -0.1) is 0 Å². The Labute approximate surface area is 113 Å². The molecule has 0 aliphatic rings. The van der Waals surface area contributed by atoms with Gasteiger partial charge in [-0.05, 0) is 28.2 Å². The van der Waals surface area contributed by atoms with Crippen LogP contribution in [0.1, 0.15) is 5.56 Å². The van der Waals surface area contributed by atoms with Crippen molar-refractivity contribution in [2.24, 2.45) is 0 Å². The summed E-state index contributed by atoms with van der Waals surface area (Å²) < 4.78 is 5.91. The van der Waals surface area contributed by atoms with Crippen LogP contribution in [0.4, 0.5) is 0 Å². The maximum absolute atomic E-state index is 9.53. The first-order valence-electron chi connectivity index (χ1n) is 5.05. The van der Waals surface area contributed by atoms with Crippen LogP contribution in [0.25, 0.3) is 0 Å². The lowest BCUT2D eigenvalue weighted by molar-refractivity contribution is 0.302. The van der Waals surface area contributed by atoms with E-state index in [1.54, 1.807) is 0 Å². The minimum atomic E-state index is 0.0219. The lowest BCUT2D eigenvalue weighted by atomic mass is 10.2. The summed E-state index contributed by atoms with van der Waals surface area (Å²) in [6, 6.07) is 12.7. The summed E-state index contributed by atoms with van der Waals surface area (Å²) >= 11 is 1.87. The third-order valence-electron chi connectivity index (χ3n) is 2.26. The molecule has 0 aliphatic carbocycles. The first-order chi connectivity index (χ1) is 8.16. The number of rotatable bonds is 3. The molecular formula is C13H11IO3. The van der Waals surface area contributed by atoms with Crippen LogP contribution in [0.15, 0.2) is 42.5 Å². The van der Waals surface area contributed by atoms with Crippen LogP contribution in [-0.2, 0) is 6.61 Å². The molecule has 0 saturated heterocycles. The summed E-state index contributed by atoms with van der Waals surface area (Å²) in [6.07, 6.45) is 0. The van der Waals surface area contributed by atoms with Crippen molar-refractivity contribution in [2.75, 3.05) is 0 Å². The van der Waals surface area contributed by atoms with Gasteiger partial charge < -0.3 is 14.9 Å². The van der Waals surface area contributed by atoms with Gasteiger partial charge in [0.25, 0.3) is 0 Å². The molecule has 4 heteroatoms. The van der Waals surface area contributed by atoms with E-state index in [0.717, 1.165) is 5.56 Å². The van der Waals surface area contributed by atoms with Crippen molar-refractivity contribution in [1.82, 2.24) is 0 Å². The number of hydrogen-bond donors (Lipinski definition) is 2. The minimum absolute atomic E-state index is 0.0219. The van der Waals surface area contributed by atoms with E-state index in [1.165, 1.54) is 12.1 Å². The Morgan fingerprint density at radius 3 is 2.18 bits per heavy atom. The van der Waals surface area contributed by atoms with Gasteiger partial charge in [0.1, 0.15) is 23.9 Å². The maximum atomic E-state index is 9.53. The number of halogens is 1. The van der Waals surface area contributed by atoms with E-state index < -0.39 is 0 Å². The molecule has 2 aromatic rings. The second kappa shape index (κ2) is 5.27. The quantitative estimate of drug-likeness (QED) is 0.842. The molecule has 0 radical (unpaired) electrons. The first kappa shape index (κ1) is 12.0. The summed E-state index contributed by atoms with van der Waals surface area (Å²) in [4.78, 5) is 0. The molecular weight excluding hydrogens is 331 g/mol. The summed E-state index contributed by atoms with van der Waals surface area (Å²) in [7, 11) is 0. The molecule has 0 bridgehead atoms. The van der Waals surface area contributed by atoms with Gasteiger partial charge in [0.05, 0.1) is 3.57 Å². The molecule has 2 N–H and O–H groups in total. The normalized spacial score (nSPS) is 10.2. The second-order valence-corrected chi connectivity index (χ2v) is 4.63. The highest BCUT2D eigenvalue weighted by Gasteiger charge is 2.07. The predicted octanol–water partition coefficient (Wildman–Crippen LogP) is 3.28. The molecule has 0 atom stereocenters. The lowest BCUT2D eigenvalue weighted by Gasteiger charge is -2.08. The van der Waals surface area contributed by atoms with Crippen LogP contribution >= 0.6 is 22.6 Å². The molecule has 17 heavy (non-hydrogen) atoms. The van der Waals surface area contributed by atoms with Gasteiger partial charge in [-0.25, -0.2) is 0 Å². The molecule has 0 spiro atoms. The van der Waals surface area contributed by atoms with E-state index in [4.69, 9.17) is 4.74 Å². The number of phenolic OH excluding ortho intramolecular Hbond substituents is 2. The first-order valence-corrected chi connectivity index (χ1v) is 6.13. The van der Waals surface area contributed by atoms with E-state index in [9.17, 15) is 10.2 Å². The van der Waals surface area contributed by atoms with Crippen molar-refractivity contribution >= 4 is 22.6 Å². The predicted molar refractivity (Wildman–Crippen MR) is 73.3 cm³/mol. The van der Waals surface area contributed by atoms with E-state index >= 15 is 0 Å². The van der Waals surface area contributed by atoms with Crippen molar-refractivity contribution in [3.8, 4) is 17.2 Å². The highest BCUT2D eigenvalue weighted by atomic mass is 127. The summed E-state index contributed by atoms with van der Waals surface area (Å²) in [5.74, 6) is 0.492. The fourth-order valence-corrected chi connectivity index (χ4v) is 1.70. The van der Waals surface area contributed by atoms with E-state index in [0.29, 0.717) is 15.9 Å². The largest absolute Gasteiger partial charge is 0.507 e. The van der Waals surface area contributed by atoms with Gasteiger partial charge in [-0.3, -0.25) is 0 Å². The van der Waals surface area contributed by atoms with Gasteiger partial charge in [0.2, 0.25) is 0 Å². The number of ether oxygens (including phenoxy) is 1. The fraction of sp³-hybridized carbons (Fsp3) is 0.0769. The second-order valence-electron chi connectivity index (χ2n) is 3.55. The van der Waals surface area contributed by atoms with Crippen molar-refractivity contribution in [3.05, 3.63) is 51.6 Å². The molecule has 0 aromatic heterocycles. The molecule has 2 aromatic carbocycles. The van der Waals surface area contributed by atoms with E-state index in [-0.39, 0.29) is 11.5 Å². The molecule has 0 heterocycles. The molecule has 0 amide bonds. The Balaban J connectivity index is 2.10. The molecule has 0 fully saturated rings. The van der Waals surface area contributed by atoms with Crippen molar-refractivity contribution in [2.45, 2.75) is 6.61 Å². The van der Waals surface area contributed by atoms with Crippen molar-refractivity contribution < 1.29 is 14.9 Å². The topological polar surface area (TPSA) is 49.7 Å². The van der Waals surface area contributed by atoms with Gasteiger partial charge >= 0.3 is 0 Å². The Morgan fingerprint density at radius 1 is 1.00 bits per heavy atom. The van der Waals surface area contributed by atoms with E-state index in [1.807, 2.05) is 52.9 Å². The number of benzene rings is 2. The lowest BCUT2D eigenvalue weighted by Crippen LogP contribution is -1.95.